The maximum Gasteiger partial charge on any atom is 0.234 e. The fourth-order valence-electron chi connectivity index (χ4n) is 4.39. The van der Waals surface area contributed by atoms with E-state index >= 15 is 0 Å². The second-order valence-corrected chi connectivity index (χ2v) is 8.74. The van der Waals surface area contributed by atoms with Gasteiger partial charge in [0.25, 0.3) is 0 Å². The highest BCUT2D eigenvalue weighted by molar-refractivity contribution is 7.10. The Labute approximate surface area is 186 Å². The number of anilines is 1. The van der Waals surface area contributed by atoms with Crippen molar-refractivity contribution in [1.29, 1.82) is 5.26 Å². The molecule has 5 rings (SSSR count). The SMILES string of the molecule is N#Cc1cc(-c2csc(C34CN(c5cccc(F)c5)CC3C(=O)NC(N)=N4)c2)ccc1F. The van der Waals surface area contributed by atoms with Crippen LogP contribution in [0.25, 0.3) is 11.1 Å². The molecule has 9 heteroatoms. The van der Waals surface area contributed by atoms with Gasteiger partial charge in [-0.25, -0.2) is 13.8 Å². The lowest BCUT2D eigenvalue weighted by atomic mass is 9.84. The van der Waals surface area contributed by atoms with E-state index < -0.39 is 17.3 Å². The van der Waals surface area contributed by atoms with Crippen molar-refractivity contribution in [2.75, 3.05) is 18.0 Å². The highest BCUT2D eigenvalue weighted by atomic mass is 32.1. The van der Waals surface area contributed by atoms with Crippen LogP contribution in [0.3, 0.4) is 0 Å². The Balaban J connectivity index is 1.58. The first-order valence-electron chi connectivity index (χ1n) is 9.85. The number of nitrogens with two attached hydrogens (primary N) is 1. The number of amides is 1. The fraction of sp³-hybridized carbons (Fsp3) is 0.174. The molecule has 2 aromatic carbocycles. The molecule has 2 aliphatic rings. The molecular formula is C23H17F2N5OS. The van der Waals surface area contributed by atoms with E-state index in [0.29, 0.717) is 24.3 Å². The van der Waals surface area contributed by atoms with Gasteiger partial charge in [0.15, 0.2) is 5.96 Å². The van der Waals surface area contributed by atoms with Gasteiger partial charge in [-0.15, -0.1) is 11.3 Å². The molecule has 2 atom stereocenters. The third-order valence-corrected chi connectivity index (χ3v) is 7.02. The number of carbonyl (C=O) groups excluding carboxylic acids is 1. The molecule has 1 saturated heterocycles. The highest BCUT2D eigenvalue weighted by Crippen LogP contribution is 2.47. The molecule has 2 unspecified atom stereocenters. The largest absolute Gasteiger partial charge is 0.370 e. The van der Waals surface area contributed by atoms with Crippen LogP contribution in [-0.4, -0.2) is 25.0 Å². The molecule has 0 radical (unpaired) electrons. The molecule has 1 aromatic heterocycles. The van der Waals surface area contributed by atoms with E-state index in [9.17, 15) is 13.6 Å². The van der Waals surface area contributed by atoms with Crippen LogP contribution >= 0.6 is 11.3 Å². The third-order valence-electron chi connectivity index (χ3n) is 5.92. The number of nitrogens with one attached hydrogen (secondary N) is 1. The Morgan fingerprint density at radius 1 is 1.22 bits per heavy atom. The van der Waals surface area contributed by atoms with Gasteiger partial charge >= 0.3 is 0 Å². The molecule has 3 aromatic rings. The summed E-state index contributed by atoms with van der Waals surface area (Å²) in [6.07, 6.45) is 0. The van der Waals surface area contributed by atoms with Crippen molar-refractivity contribution in [3.8, 4) is 17.2 Å². The summed E-state index contributed by atoms with van der Waals surface area (Å²) in [6.45, 7) is 0.705. The minimum Gasteiger partial charge on any atom is -0.370 e. The molecule has 0 spiro atoms. The Bertz CT molecular complexity index is 1310. The van der Waals surface area contributed by atoms with E-state index in [1.165, 1.54) is 35.6 Å². The van der Waals surface area contributed by atoms with Gasteiger partial charge in [-0.2, -0.15) is 5.26 Å². The smallest absolute Gasteiger partial charge is 0.234 e. The van der Waals surface area contributed by atoms with E-state index in [2.05, 4.69) is 10.3 Å². The minimum absolute atomic E-state index is 0.0378. The van der Waals surface area contributed by atoms with Crippen molar-refractivity contribution in [2.24, 2.45) is 16.6 Å². The van der Waals surface area contributed by atoms with Crippen LogP contribution in [0.15, 0.2) is 58.9 Å². The van der Waals surface area contributed by atoms with Crippen LogP contribution in [0.4, 0.5) is 14.5 Å². The minimum atomic E-state index is -0.931. The zero-order valence-electron chi connectivity index (χ0n) is 16.7. The van der Waals surface area contributed by atoms with Crippen LogP contribution in [0, 0.1) is 28.9 Å². The lowest BCUT2D eigenvalue weighted by Crippen LogP contribution is -2.53. The Morgan fingerprint density at radius 2 is 2.06 bits per heavy atom. The first-order chi connectivity index (χ1) is 15.4. The van der Waals surface area contributed by atoms with E-state index in [-0.39, 0.29) is 23.2 Å². The summed E-state index contributed by atoms with van der Waals surface area (Å²) in [6, 6.07) is 14.3. The number of aliphatic imine (C=N–C) groups is 1. The number of nitrogens with zero attached hydrogens (tertiary/aromatic N) is 3. The third kappa shape index (κ3) is 3.20. The molecule has 0 aliphatic carbocycles. The van der Waals surface area contributed by atoms with E-state index in [1.54, 1.807) is 18.2 Å². The Hall–Kier alpha value is -3.77. The number of halogens is 2. The predicted octanol–water partition coefficient (Wildman–Crippen LogP) is 3.34. The molecule has 1 amide bonds. The number of hydrogen-bond acceptors (Lipinski definition) is 6. The van der Waals surface area contributed by atoms with Crippen LogP contribution < -0.4 is 16.0 Å². The fourth-order valence-corrected chi connectivity index (χ4v) is 5.50. The quantitative estimate of drug-likeness (QED) is 0.641. The molecule has 3 N–H and O–H groups in total. The molecule has 3 heterocycles. The van der Waals surface area contributed by atoms with Gasteiger partial charge < -0.3 is 10.6 Å². The van der Waals surface area contributed by atoms with Gasteiger partial charge in [-0.3, -0.25) is 10.1 Å². The van der Waals surface area contributed by atoms with E-state index in [1.807, 2.05) is 22.4 Å². The summed E-state index contributed by atoms with van der Waals surface area (Å²) in [5.41, 5.74) is 7.12. The summed E-state index contributed by atoms with van der Waals surface area (Å²) >= 11 is 1.42. The lowest BCUT2D eigenvalue weighted by Gasteiger charge is -2.33. The molecule has 0 saturated carbocycles. The zero-order valence-corrected chi connectivity index (χ0v) is 17.5. The predicted molar refractivity (Wildman–Crippen MR) is 118 cm³/mol. The normalized spacial score (nSPS) is 22.2. The van der Waals surface area contributed by atoms with Crippen LogP contribution in [0.2, 0.25) is 0 Å². The van der Waals surface area contributed by atoms with E-state index in [0.717, 1.165) is 10.4 Å². The van der Waals surface area contributed by atoms with Crippen LogP contribution in [0.5, 0.6) is 0 Å². The maximum absolute atomic E-state index is 13.8. The number of fused-ring (bicyclic) bond motifs is 1. The number of guanidine groups is 1. The Morgan fingerprint density at radius 3 is 2.84 bits per heavy atom. The number of carbonyl (C=O) groups is 1. The highest BCUT2D eigenvalue weighted by Gasteiger charge is 2.54. The summed E-state index contributed by atoms with van der Waals surface area (Å²) in [4.78, 5) is 20.3. The van der Waals surface area contributed by atoms with Crippen LogP contribution in [0.1, 0.15) is 10.4 Å². The number of nitriles is 1. The summed E-state index contributed by atoms with van der Waals surface area (Å²) in [5, 5.41) is 13.6. The molecule has 6 nitrogen and oxygen atoms in total. The standard InChI is InChI=1S/C23H17F2N5OS/c24-16-2-1-3-17(8-16)30-10-18-21(31)28-22(27)29-23(18,12-30)20-7-15(11-32-20)13-4-5-19(25)14(6-13)9-26/h1-8,11,18H,10,12H2,(H3,27,28,29,31). The van der Waals surface area contributed by atoms with Crippen LogP contribution in [-0.2, 0) is 10.3 Å². The second kappa shape index (κ2) is 7.43. The van der Waals surface area contributed by atoms with Crippen molar-refractivity contribution in [3.05, 3.63) is 76.0 Å². The molecular weight excluding hydrogens is 432 g/mol. The van der Waals surface area contributed by atoms with Gasteiger partial charge in [0.05, 0.1) is 11.5 Å². The molecule has 160 valence electrons. The molecule has 1 fully saturated rings. The van der Waals surface area contributed by atoms with Gasteiger partial charge in [0.2, 0.25) is 5.91 Å². The Kier molecular flexibility index (Phi) is 4.68. The van der Waals surface area contributed by atoms with Crippen molar-refractivity contribution in [2.45, 2.75) is 5.54 Å². The van der Waals surface area contributed by atoms with Crippen molar-refractivity contribution in [1.82, 2.24) is 5.32 Å². The van der Waals surface area contributed by atoms with Gasteiger partial charge in [0.1, 0.15) is 23.2 Å². The van der Waals surface area contributed by atoms with Crippen molar-refractivity contribution >= 4 is 28.9 Å². The lowest BCUT2D eigenvalue weighted by molar-refractivity contribution is -0.125. The summed E-state index contributed by atoms with van der Waals surface area (Å²) in [5.74, 6) is -1.65. The van der Waals surface area contributed by atoms with Gasteiger partial charge in [0, 0.05) is 23.7 Å². The maximum atomic E-state index is 13.8. The molecule has 32 heavy (non-hydrogen) atoms. The first kappa shape index (κ1) is 20.2. The van der Waals surface area contributed by atoms with E-state index in [4.69, 9.17) is 11.0 Å². The summed E-state index contributed by atoms with van der Waals surface area (Å²) in [7, 11) is 0. The average molecular weight is 449 g/mol. The number of thiophene rings is 1. The number of rotatable bonds is 3. The van der Waals surface area contributed by atoms with Crippen molar-refractivity contribution in [3.63, 3.8) is 0 Å². The monoisotopic (exact) mass is 449 g/mol. The average Bonchev–Trinajstić information content (AvgIpc) is 3.40. The number of hydrogen-bond donors (Lipinski definition) is 2. The molecule has 2 aliphatic heterocycles. The zero-order chi connectivity index (χ0) is 22.5. The topological polar surface area (TPSA) is 94.5 Å². The number of benzene rings is 2. The van der Waals surface area contributed by atoms with Crippen molar-refractivity contribution < 1.29 is 13.6 Å². The van der Waals surface area contributed by atoms with Gasteiger partial charge in [-0.1, -0.05) is 12.1 Å². The molecule has 0 bridgehead atoms. The van der Waals surface area contributed by atoms with Gasteiger partial charge in [-0.05, 0) is 52.9 Å². The second-order valence-electron chi connectivity index (χ2n) is 7.83. The first-order valence-corrected chi connectivity index (χ1v) is 10.7. The summed E-state index contributed by atoms with van der Waals surface area (Å²) < 4.78 is 27.6.